The van der Waals surface area contributed by atoms with E-state index in [9.17, 15) is 4.79 Å². The van der Waals surface area contributed by atoms with Gasteiger partial charge in [0.2, 0.25) is 5.91 Å². The minimum atomic E-state index is -0.0384. The second-order valence-electron chi connectivity index (χ2n) is 6.79. The van der Waals surface area contributed by atoms with Crippen molar-refractivity contribution in [1.29, 1.82) is 0 Å². The van der Waals surface area contributed by atoms with Crippen LogP contribution in [0.3, 0.4) is 0 Å². The molecule has 134 valence electrons. The molecule has 1 fully saturated rings. The van der Waals surface area contributed by atoms with Gasteiger partial charge in [-0.3, -0.25) is 14.4 Å². The fourth-order valence-corrected chi connectivity index (χ4v) is 3.18. The minimum Gasteiger partial charge on any atom is -0.491 e. The van der Waals surface area contributed by atoms with Crippen LogP contribution in [0.2, 0.25) is 0 Å². The molecule has 0 bridgehead atoms. The van der Waals surface area contributed by atoms with Crippen LogP contribution >= 0.6 is 0 Å². The van der Waals surface area contributed by atoms with Gasteiger partial charge in [0, 0.05) is 18.8 Å². The summed E-state index contributed by atoms with van der Waals surface area (Å²) in [6.07, 6.45) is 5.82. The number of amides is 1. The summed E-state index contributed by atoms with van der Waals surface area (Å²) in [4.78, 5) is 14.4. The summed E-state index contributed by atoms with van der Waals surface area (Å²) in [5.41, 5.74) is 2.12. The monoisotopic (exact) mass is 342 g/mol. The summed E-state index contributed by atoms with van der Waals surface area (Å²) in [6.45, 7) is 3.40. The van der Waals surface area contributed by atoms with Crippen LogP contribution in [0.25, 0.3) is 11.1 Å². The maximum atomic E-state index is 12.3. The lowest BCUT2D eigenvalue weighted by atomic mass is 10.1. The maximum Gasteiger partial charge on any atom is 0.237 e. The number of hydrogen-bond acceptors (Lipinski definition) is 4. The van der Waals surface area contributed by atoms with Crippen molar-refractivity contribution in [2.75, 3.05) is 20.2 Å². The smallest absolute Gasteiger partial charge is 0.237 e. The second kappa shape index (κ2) is 7.70. The molecule has 25 heavy (non-hydrogen) atoms. The Kier molecular flexibility index (Phi) is 5.38. The van der Waals surface area contributed by atoms with Crippen molar-refractivity contribution < 1.29 is 9.53 Å². The number of carbonyl (C=O) groups is 1. The lowest BCUT2D eigenvalue weighted by Gasteiger charge is -2.22. The molecule has 1 amide bonds. The van der Waals surface area contributed by atoms with Crippen molar-refractivity contribution >= 4 is 5.91 Å². The van der Waals surface area contributed by atoms with Gasteiger partial charge in [-0.2, -0.15) is 5.10 Å². The SMILES string of the molecule is C[C@@H](COc1cccc(-c2cnn(C)c2)c1)NC(=O)C1CCCN1C. The molecule has 1 aromatic carbocycles. The molecule has 1 N–H and O–H groups in total. The van der Waals surface area contributed by atoms with Crippen molar-refractivity contribution in [2.45, 2.75) is 31.8 Å². The van der Waals surface area contributed by atoms with Crippen LogP contribution in [0.4, 0.5) is 0 Å². The first-order valence-corrected chi connectivity index (χ1v) is 8.75. The van der Waals surface area contributed by atoms with Crippen LogP contribution in [0.15, 0.2) is 36.7 Å². The highest BCUT2D eigenvalue weighted by atomic mass is 16.5. The zero-order valence-corrected chi connectivity index (χ0v) is 15.1. The van der Waals surface area contributed by atoms with Crippen molar-refractivity contribution in [2.24, 2.45) is 7.05 Å². The van der Waals surface area contributed by atoms with E-state index in [0.29, 0.717) is 6.61 Å². The van der Waals surface area contributed by atoms with Crippen LogP contribution in [0, 0.1) is 0 Å². The zero-order chi connectivity index (χ0) is 17.8. The molecular weight excluding hydrogens is 316 g/mol. The summed E-state index contributed by atoms with van der Waals surface area (Å²) in [5, 5.41) is 7.25. The first-order chi connectivity index (χ1) is 12.0. The number of likely N-dealkylation sites (N-methyl/N-ethyl adjacent to an activating group) is 1. The van der Waals surface area contributed by atoms with E-state index in [1.54, 1.807) is 4.68 Å². The minimum absolute atomic E-state index is 0.00337. The van der Waals surface area contributed by atoms with E-state index in [4.69, 9.17) is 4.74 Å². The summed E-state index contributed by atoms with van der Waals surface area (Å²) >= 11 is 0. The molecule has 1 aromatic heterocycles. The Hall–Kier alpha value is -2.34. The number of ether oxygens (including phenoxy) is 1. The van der Waals surface area contributed by atoms with Gasteiger partial charge < -0.3 is 10.1 Å². The third-order valence-electron chi connectivity index (χ3n) is 4.58. The lowest BCUT2D eigenvalue weighted by Crippen LogP contribution is -2.46. The highest BCUT2D eigenvalue weighted by Crippen LogP contribution is 2.23. The Balaban J connectivity index is 1.53. The Labute approximate surface area is 148 Å². The van der Waals surface area contributed by atoms with Crippen LogP contribution < -0.4 is 10.1 Å². The Morgan fingerprint density at radius 2 is 2.24 bits per heavy atom. The Bertz CT molecular complexity index is 728. The average Bonchev–Trinajstić information content (AvgIpc) is 3.21. The highest BCUT2D eigenvalue weighted by Gasteiger charge is 2.28. The Morgan fingerprint density at radius 1 is 1.40 bits per heavy atom. The first-order valence-electron chi connectivity index (χ1n) is 8.75. The zero-order valence-electron chi connectivity index (χ0n) is 15.1. The van der Waals surface area contributed by atoms with Gasteiger partial charge in [-0.15, -0.1) is 0 Å². The van der Waals surface area contributed by atoms with E-state index in [-0.39, 0.29) is 18.0 Å². The quantitative estimate of drug-likeness (QED) is 0.873. The van der Waals surface area contributed by atoms with Gasteiger partial charge in [0.15, 0.2) is 0 Å². The van der Waals surface area contributed by atoms with E-state index >= 15 is 0 Å². The van der Waals surface area contributed by atoms with Crippen LogP contribution in [-0.2, 0) is 11.8 Å². The van der Waals surface area contributed by atoms with Crippen molar-refractivity contribution in [1.82, 2.24) is 20.0 Å². The molecule has 3 rings (SSSR count). The normalized spacial score (nSPS) is 18.9. The molecule has 6 nitrogen and oxygen atoms in total. The molecule has 1 aliphatic heterocycles. The number of aryl methyl sites for hydroxylation is 1. The van der Waals surface area contributed by atoms with E-state index in [2.05, 4.69) is 15.3 Å². The third kappa shape index (κ3) is 4.39. The number of nitrogens with zero attached hydrogens (tertiary/aromatic N) is 3. The number of rotatable bonds is 6. The molecule has 2 atom stereocenters. The molecular formula is C19H26N4O2. The van der Waals surface area contributed by atoms with E-state index in [1.807, 2.05) is 57.7 Å². The number of aromatic nitrogens is 2. The van der Waals surface area contributed by atoms with Gasteiger partial charge in [0.1, 0.15) is 12.4 Å². The number of carbonyl (C=O) groups excluding carboxylic acids is 1. The summed E-state index contributed by atoms with van der Waals surface area (Å²) in [7, 11) is 3.90. The second-order valence-corrected chi connectivity index (χ2v) is 6.79. The molecule has 0 aliphatic carbocycles. The highest BCUT2D eigenvalue weighted by molar-refractivity contribution is 5.82. The number of hydrogen-bond donors (Lipinski definition) is 1. The lowest BCUT2D eigenvalue weighted by molar-refractivity contribution is -0.125. The van der Waals surface area contributed by atoms with E-state index < -0.39 is 0 Å². The molecule has 0 spiro atoms. The predicted molar refractivity (Wildman–Crippen MR) is 97.4 cm³/mol. The first kappa shape index (κ1) is 17.5. The van der Waals surface area contributed by atoms with Gasteiger partial charge in [0.05, 0.1) is 18.3 Å². The standard InChI is InChI=1S/C19H26N4O2/c1-14(21-19(24)18-8-5-9-22(18)2)13-25-17-7-4-6-15(10-17)16-11-20-23(3)12-16/h4,6-7,10-12,14,18H,5,8-9,13H2,1-3H3,(H,21,24)/t14-,18?/m0/s1. The number of likely N-dealkylation sites (tertiary alicyclic amines) is 1. The largest absolute Gasteiger partial charge is 0.491 e. The topological polar surface area (TPSA) is 59.4 Å². The molecule has 2 aromatic rings. The van der Waals surface area contributed by atoms with Gasteiger partial charge in [0.25, 0.3) is 0 Å². The van der Waals surface area contributed by atoms with Crippen molar-refractivity contribution in [3.8, 4) is 16.9 Å². The van der Waals surface area contributed by atoms with Gasteiger partial charge in [-0.05, 0) is 51.1 Å². The summed E-state index contributed by atoms with van der Waals surface area (Å²) in [5.74, 6) is 0.889. The molecule has 0 radical (unpaired) electrons. The number of nitrogens with one attached hydrogen (secondary N) is 1. The van der Waals surface area contributed by atoms with Crippen LogP contribution in [0.1, 0.15) is 19.8 Å². The van der Waals surface area contributed by atoms with Crippen molar-refractivity contribution in [3.05, 3.63) is 36.7 Å². The molecule has 2 heterocycles. The fraction of sp³-hybridized carbons (Fsp3) is 0.474. The summed E-state index contributed by atoms with van der Waals surface area (Å²) < 4.78 is 7.65. The fourth-order valence-electron chi connectivity index (χ4n) is 3.18. The maximum absolute atomic E-state index is 12.3. The molecule has 0 saturated carbocycles. The summed E-state index contributed by atoms with van der Waals surface area (Å²) in [6, 6.07) is 7.88. The molecule has 1 aliphatic rings. The van der Waals surface area contributed by atoms with Gasteiger partial charge in [-0.1, -0.05) is 12.1 Å². The molecule has 6 heteroatoms. The van der Waals surface area contributed by atoms with E-state index in [1.165, 1.54) is 0 Å². The predicted octanol–water partition coefficient (Wildman–Crippen LogP) is 2.06. The van der Waals surface area contributed by atoms with E-state index in [0.717, 1.165) is 36.3 Å². The molecule has 1 saturated heterocycles. The van der Waals surface area contributed by atoms with Crippen LogP contribution in [0.5, 0.6) is 5.75 Å². The molecule has 1 unspecified atom stereocenters. The van der Waals surface area contributed by atoms with Crippen molar-refractivity contribution in [3.63, 3.8) is 0 Å². The number of benzene rings is 1. The van der Waals surface area contributed by atoms with Gasteiger partial charge in [-0.25, -0.2) is 0 Å². The third-order valence-corrected chi connectivity index (χ3v) is 4.58. The average molecular weight is 342 g/mol. The van der Waals surface area contributed by atoms with Crippen LogP contribution in [-0.4, -0.2) is 52.9 Å². The van der Waals surface area contributed by atoms with Gasteiger partial charge >= 0.3 is 0 Å². The Morgan fingerprint density at radius 3 is 2.92 bits per heavy atom.